The third kappa shape index (κ3) is 3.74. The minimum atomic E-state index is -0.295. The van der Waals surface area contributed by atoms with E-state index in [2.05, 4.69) is 22.3 Å². The van der Waals surface area contributed by atoms with Gasteiger partial charge in [0.05, 0.1) is 0 Å². The lowest BCUT2D eigenvalue weighted by atomic mass is 10.1. The van der Waals surface area contributed by atoms with Crippen LogP contribution in [0.25, 0.3) is 0 Å². The first-order chi connectivity index (χ1) is 11.1. The number of hydrogen-bond acceptors (Lipinski definition) is 3. The number of rotatable bonds is 5. The van der Waals surface area contributed by atoms with Gasteiger partial charge in [-0.05, 0) is 17.7 Å². The molecule has 1 heterocycles. The van der Waals surface area contributed by atoms with E-state index in [1.165, 1.54) is 23.4 Å². The molecule has 3 rings (SSSR count). The number of aromatic nitrogens is 3. The fraction of sp³-hybridized carbons (Fsp3) is 0.176. The van der Waals surface area contributed by atoms with Crippen LogP contribution in [-0.2, 0) is 19.2 Å². The Morgan fingerprint density at radius 2 is 1.87 bits per heavy atom. The zero-order valence-corrected chi connectivity index (χ0v) is 14.1. The smallest absolute Gasteiger partial charge is 0.191 e. The van der Waals surface area contributed by atoms with Crippen LogP contribution in [0.2, 0.25) is 5.02 Å². The molecule has 0 bridgehead atoms. The van der Waals surface area contributed by atoms with E-state index in [1.807, 2.05) is 29.8 Å². The Kier molecular flexibility index (Phi) is 4.98. The molecule has 0 spiro atoms. The summed E-state index contributed by atoms with van der Waals surface area (Å²) in [4.78, 5) is 0. The van der Waals surface area contributed by atoms with Gasteiger partial charge in [-0.15, -0.1) is 10.2 Å². The monoisotopic (exact) mass is 347 g/mol. The van der Waals surface area contributed by atoms with Crippen LogP contribution in [0, 0.1) is 5.82 Å². The molecule has 0 atom stereocenters. The maximum absolute atomic E-state index is 13.8. The van der Waals surface area contributed by atoms with Gasteiger partial charge in [-0.25, -0.2) is 4.39 Å². The highest BCUT2D eigenvalue weighted by Crippen LogP contribution is 2.27. The fourth-order valence-electron chi connectivity index (χ4n) is 2.21. The van der Waals surface area contributed by atoms with Crippen molar-refractivity contribution in [1.29, 1.82) is 0 Å². The van der Waals surface area contributed by atoms with Crippen LogP contribution in [-0.4, -0.2) is 14.8 Å². The maximum atomic E-state index is 13.8. The number of thioether (sulfide) groups is 1. The minimum Gasteiger partial charge on any atom is -0.309 e. The minimum absolute atomic E-state index is 0.295. The van der Waals surface area contributed by atoms with Crippen molar-refractivity contribution in [1.82, 2.24) is 14.8 Å². The number of hydrogen-bond donors (Lipinski definition) is 0. The van der Waals surface area contributed by atoms with Crippen molar-refractivity contribution < 1.29 is 4.39 Å². The largest absolute Gasteiger partial charge is 0.309 e. The van der Waals surface area contributed by atoms with E-state index >= 15 is 0 Å². The van der Waals surface area contributed by atoms with Crippen molar-refractivity contribution in [2.45, 2.75) is 17.3 Å². The Morgan fingerprint density at radius 3 is 2.61 bits per heavy atom. The van der Waals surface area contributed by atoms with Crippen LogP contribution < -0.4 is 0 Å². The van der Waals surface area contributed by atoms with Crippen molar-refractivity contribution in [3.8, 4) is 0 Å². The molecular formula is C17H15ClFN3S. The van der Waals surface area contributed by atoms with Gasteiger partial charge in [0.15, 0.2) is 5.16 Å². The zero-order chi connectivity index (χ0) is 16.2. The van der Waals surface area contributed by atoms with Crippen LogP contribution in [0.5, 0.6) is 0 Å². The van der Waals surface area contributed by atoms with Crippen molar-refractivity contribution >= 4 is 23.4 Å². The van der Waals surface area contributed by atoms with E-state index in [1.54, 1.807) is 12.1 Å². The van der Waals surface area contributed by atoms with Crippen molar-refractivity contribution in [3.05, 3.63) is 76.3 Å². The summed E-state index contributed by atoms with van der Waals surface area (Å²) in [6.07, 6.45) is 0.714. The molecule has 118 valence electrons. The zero-order valence-electron chi connectivity index (χ0n) is 12.5. The molecule has 6 heteroatoms. The topological polar surface area (TPSA) is 30.7 Å². The predicted molar refractivity (Wildman–Crippen MR) is 91.2 cm³/mol. The van der Waals surface area contributed by atoms with Gasteiger partial charge in [-0.3, -0.25) is 0 Å². The molecular weight excluding hydrogens is 333 g/mol. The Morgan fingerprint density at radius 1 is 1.09 bits per heavy atom. The summed E-state index contributed by atoms with van der Waals surface area (Å²) < 4.78 is 15.7. The van der Waals surface area contributed by atoms with Crippen molar-refractivity contribution in [2.24, 2.45) is 7.05 Å². The van der Waals surface area contributed by atoms with E-state index in [0.29, 0.717) is 22.8 Å². The fourth-order valence-corrected chi connectivity index (χ4v) is 3.48. The first kappa shape index (κ1) is 16.0. The molecule has 23 heavy (non-hydrogen) atoms. The second kappa shape index (κ2) is 7.15. The predicted octanol–water partition coefficient (Wildman–Crippen LogP) is 4.49. The standard InChI is InChI=1S/C17H15ClFN3S/c1-22-16(10-12-6-3-2-4-7-12)20-21-17(22)23-11-13-14(18)8-5-9-15(13)19/h2-9H,10-11H2,1H3. The summed E-state index contributed by atoms with van der Waals surface area (Å²) in [6, 6.07) is 14.8. The van der Waals surface area contributed by atoms with E-state index in [9.17, 15) is 4.39 Å². The van der Waals surface area contributed by atoms with Gasteiger partial charge in [0.25, 0.3) is 0 Å². The summed E-state index contributed by atoms with van der Waals surface area (Å²) >= 11 is 7.48. The molecule has 0 saturated carbocycles. The number of nitrogens with zero attached hydrogens (tertiary/aromatic N) is 3. The van der Waals surface area contributed by atoms with Gasteiger partial charge in [-0.2, -0.15) is 0 Å². The van der Waals surface area contributed by atoms with Crippen molar-refractivity contribution in [3.63, 3.8) is 0 Å². The molecule has 0 amide bonds. The van der Waals surface area contributed by atoms with Crippen LogP contribution in [0.15, 0.2) is 53.7 Å². The highest BCUT2D eigenvalue weighted by molar-refractivity contribution is 7.98. The Balaban J connectivity index is 1.72. The van der Waals surface area contributed by atoms with Crippen LogP contribution in [0.3, 0.4) is 0 Å². The van der Waals surface area contributed by atoms with Crippen LogP contribution in [0.4, 0.5) is 4.39 Å². The lowest BCUT2D eigenvalue weighted by Crippen LogP contribution is -2.00. The lowest BCUT2D eigenvalue weighted by Gasteiger charge is -2.06. The van der Waals surface area contributed by atoms with E-state index in [4.69, 9.17) is 11.6 Å². The molecule has 3 aromatic rings. The quantitative estimate of drug-likeness (QED) is 0.637. The van der Waals surface area contributed by atoms with E-state index < -0.39 is 0 Å². The Labute approximate surface area is 143 Å². The molecule has 0 aliphatic heterocycles. The third-order valence-electron chi connectivity index (χ3n) is 3.54. The highest BCUT2D eigenvalue weighted by Gasteiger charge is 2.13. The summed E-state index contributed by atoms with van der Waals surface area (Å²) in [7, 11) is 1.92. The second-order valence-electron chi connectivity index (χ2n) is 5.11. The molecule has 2 aromatic carbocycles. The first-order valence-electron chi connectivity index (χ1n) is 7.13. The summed E-state index contributed by atoms with van der Waals surface area (Å²) in [5.74, 6) is 0.998. The Hall–Kier alpha value is -1.85. The SMILES string of the molecule is Cn1c(Cc2ccccc2)nnc1SCc1c(F)cccc1Cl. The molecule has 1 aromatic heterocycles. The molecule has 0 fully saturated rings. The van der Waals surface area contributed by atoms with Gasteiger partial charge < -0.3 is 4.57 Å². The summed E-state index contributed by atoms with van der Waals surface area (Å²) in [5, 5.41) is 9.61. The Bertz CT molecular complexity index is 785. The number of benzene rings is 2. The normalized spacial score (nSPS) is 10.9. The average Bonchev–Trinajstić information content (AvgIpc) is 2.89. The van der Waals surface area contributed by atoms with Gasteiger partial charge in [0, 0.05) is 29.8 Å². The molecule has 0 radical (unpaired) electrons. The summed E-state index contributed by atoms with van der Waals surface area (Å²) in [6.45, 7) is 0. The van der Waals surface area contributed by atoms with Crippen LogP contribution >= 0.6 is 23.4 Å². The first-order valence-corrected chi connectivity index (χ1v) is 8.49. The summed E-state index contributed by atoms with van der Waals surface area (Å²) in [5.41, 5.74) is 1.67. The van der Waals surface area contributed by atoms with Gasteiger partial charge in [0.1, 0.15) is 11.6 Å². The molecule has 0 unspecified atom stereocenters. The number of halogens is 2. The van der Waals surface area contributed by atoms with Crippen molar-refractivity contribution in [2.75, 3.05) is 0 Å². The van der Waals surface area contributed by atoms with Gasteiger partial charge >= 0.3 is 0 Å². The molecule has 3 nitrogen and oxygen atoms in total. The third-order valence-corrected chi connectivity index (χ3v) is 4.94. The van der Waals surface area contributed by atoms with Crippen LogP contribution in [0.1, 0.15) is 17.0 Å². The molecule has 0 aliphatic carbocycles. The molecule has 0 aliphatic rings. The van der Waals surface area contributed by atoms with Gasteiger partial charge in [0.2, 0.25) is 0 Å². The van der Waals surface area contributed by atoms with E-state index in [0.717, 1.165) is 11.0 Å². The van der Waals surface area contributed by atoms with E-state index in [-0.39, 0.29) is 5.82 Å². The maximum Gasteiger partial charge on any atom is 0.191 e. The highest BCUT2D eigenvalue weighted by atomic mass is 35.5. The lowest BCUT2D eigenvalue weighted by molar-refractivity contribution is 0.617. The second-order valence-corrected chi connectivity index (χ2v) is 6.46. The van der Waals surface area contributed by atoms with Gasteiger partial charge in [-0.1, -0.05) is 59.8 Å². The molecule has 0 saturated heterocycles. The molecule has 0 N–H and O–H groups in total. The average molecular weight is 348 g/mol.